The Morgan fingerprint density at radius 1 is 1.19 bits per heavy atom. The number of aryl methyl sites for hydroxylation is 1. The van der Waals surface area contributed by atoms with Gasteiger partial charge in [-0.2, -0.15) is 0 Å². The first-order valence-corrected chi connectivity index (χ1v) is 12.1. The zero-order valence-corrected chi connectivity index (χ0v) is 19.0. The number of ketones is 1. The number of Topliss-reactive ketones (excluding diaryl/α,β-unsaturated/α-hetero) is 1. The van der Waals surface area contributed by atoms with E-state index < -0.39 is 0 Å². The van der Waals surface area contributed by atoms with Crippen LogP contribution in [0.2, 0.25) is 0 Å². The van der Waals surface area contributed by atoms with Gasteiger partial charge in [-0.3, -0.25) is 9.59 Å². The summed E-state index contributed by atoms with van der Waals surface area (Å²) in [5, 5.41) is 13.0. The molecule has 32 heavy (non-hydrogen) atoms. The SMILES string of the molecule is C[C@H](NC(=O)CC1CC2C3CCc4cc(O)ccc4C3CC[C@]2(C)C1=O)c1ccccc1. The number of carbonyl (C=O) groups excluding carboxylic acids is 2. The first kappa shape index (κ1) is 21.2. The van der Waals surface area contributed by atoms with Crippen molar-refractivity contribution in [3.63, 3.8) is 0 Å². The fourth-order valence-electron chi connectivity index (χ4n) is 7.03. The third-order valence-corrected chi connectivity index (χ3v) is 8.68. The van der Waals surface area contributed by atoms with E-state index >= 15 is 0 Å². The molecule has 4 nitrogen and oxygen atoms in total. The van der Waals surface area contributed by atoms with Gasteiger partial charge < -0.3 is 10.4 Å². The minimum absolute atomic E-state index is 0.0250. The van der Waals surface area contributed by atoms with Gasteiger partial charge in [0.25, 0.3) is 0 Å². The molecule has 2 aromatic carbocycles. The minimum atomic E-state index is -0.300. The third-order valence-electron chi connectivity index (χ3n) is 8.68. The van der Waals surface area contributed by atoms with Crippen molar-refractivity contribution in [3.05, 3.63) is 65.2 Å². The number of nitrogens with one attached hydrogen (secondary N) is 1. The van der Waals surface area contributed by atoms with Gasteiger partial charge in [0.2, 0.25) is 5.91 Å². The maximum Gasteiger partial charge on any atom is 0.221 e. The number of rotatable bonds is 4. The molecule has 2 fully saturated rings. The van der Waals surface area contributed by atoms with Crippen LogP contribution in [0.5, 0.6) is 5.75 Å². The molecule has 168 valence electrons. The number of phenolic OH excluding ortho intramolecular Hbond substituents is 1. The van der Waals surface area contributed by atoms with E-state index in [1.54, 1.807) is 6.07 Å². The summed E-state index contributed by atoms with van der Waals surface area (Å²) in [4.78, 5) is 26.3. The fourth-order valence-corrected chi connectivity index (χ4v) is 7.03. The maximum absolute atomic E-state index is 13.5. The van der Waals surface area contributed by atoms with E-state index in [-0.39, 0.29) is 23.3 Å². The number of carbonyl (C=O) groups is 2. The molecule has 0 aliphatic heterocycles. The average molecular weight is 432 g/mol. The number of amides is 1. The van der Waals surface area contributed by atoms with Crippen molar-refractivity contribution in [2.24, 2.45) is 23.2 Å². The summed E-state index contributed by atoms with van der Waals surface area (Å²) in [6.45, 7) is 4.15. The largest absolute Gasteiger partial charge is 0.508 e. The molecule has 0 bridgehead atoms. The van der Waals surface area contributed by atoms with E-state index in [4.69, 9.17) is 0 Å². The van der Waals surface area contributed by atoms with Crippen molar-refractivity contribution in [2.45, 2.75) is 64.3 Å². The average Bonchev–Trinajstić information content (AvgIpc) is 3.04. The Morgan fingerprint density at radius 3 is 2.75 bits per heavy atom. The lowest BCUT2D eigenvalue weighted by atomic mass is 9.55. The zero-order chi connectivity index (χ0) is 22.5. The molecule has 4 unspecified atom stereocenters. The predicted molar refractivity (Wildman–Crippen MR) is 124 cm³/mol. The molecule has 0 radical (unpaired) electrons. The molecule has 3 aliphatic carbocycles. The van der Waals surface area contributed by atoms with Gasteiger partial charge in [0.15, 0.2) is 0 Å². The Bertz CT molecular complexity index is 1030. The Kier molecular flexibility index (Phi) is 5.35. The summed E-state index contributed by atoms with van der Waals surface area (Å²) >= 11 is 0. The summed E-state index contributed by atoms with van der Waals surface area (Å²) in [5.74, 6) is 1.76. The number of aromatic hydroxyl groups is 1. The Morgan fingerprint density at radius 2 is 1.97 bits per heavy atom. The second-order valence-electron chi connectivity index (χ2n) is 10.5. The van der Waals surface area contributed by atoms with Crippen LogP contribution in [0.3, 0.4) is 0 Å². The minimum Gasteiger partial charge on any atom is -0.508 e. The van der Waals surface area contributed by atoms with Crippen molar-refractivity contribution in [1.29, 1.82) is 0 Å². The zero-order valence-electron chi connectivity index (χ0n) is 19.0. The second kappa shape index (κ2) is 8.06. The quantitative estimate of drug-likeness (QED) is 0.689. The van der Waals surface area contributed by atoms with Gasteiger partial charge in [-0.05, 0) is 85.6 Å². The maximum atomic E-state index is 13.5. The molecular formula is C28H33NO3. The van der Waals surface area contributed by atoms with Gasteiger partial charge in [-0.1, -0.05) is 43.3 Å². The molecule has 2 saturated carbocycles. The molecule has 6 atom stereocenters. The number of benzene rings is 2. The van der Waals surface area contributed by atoms with Crippen LogP contribution in [0.25, 0.3) is 0 Å². The van der Waals surface area contributed by atoms with Gasteiger partial charge in [-0.15, -0.1) is 0 Å². The molecule has 2 N–H and O–H groups in total. The van der Waals surface area contributed by atoms with E-state index in [1.807, 2.05) is 43.3 Å². The van der Waals surface area contributed by atoms with Crippen molar-refractivity contribution < 1.29 is 14.7 Å². The smallest absolute Gasteiger partial charge is 0.221 e. The lowest BCUT2D eigenvalue weighted by Gasteiger charge is -2.48. The molecule has 0 saturated heterocycles. The van der Waals surface area contributed by atoms with Crippen molar-refractivity contribution >= 4 is 11.7 Å². The highest BCUT2D eigenvalue weighted by Crippen LogP contribution is 2.61. The molecule has 1 amide bonds. The van der Waals surface area contributed by atoms with Crippen LogP contribution >= 0.6 is 0 Å². The van der Waals surface area contributed by atoms with Crippen molar-refractivity contribution in [3.8, 4) is 5.75 Å². The van der Waals surface area contributed by atoms with Crippen LogP contribution in [0.15, 0.2) is 48.5 Å². The van der Waals surface area contributed by atoms with E-state index in [1.165, 1.54) is 11.1 Å². The molecule has 4 heteroatoms. The monoisotopic (exact) mass is 431 g/mol. The van der Waals surface area contributed by atoms with E-state index in [2.05, 4.69) is 18.3 Å². The number of hydrogen-bond acceptors (Lipinski definition) is 3. The van der Waals surface area contributed by atoms with Crippen LogP contribution in [-0.2, 0) is 16.0 Å². The van der Waals surface area contributed by atoms with Crippen LogP contribution in [0, 0.1) is 23.2 Å². The Balaban J connectivity index is 1.30. The van der Waals surface area contributed by atoms with Gasteiger partial charge >= 0.3 is 0 Å². The standard InChI is InChI=1S/C28H33NO3/c1-17(18-6-4-3-5-7-18)29-26(31)16-20-15-25-24-10-8-19-14-21(30)9-11-22(19)23(24)12-13-28(25,2)27(20)32/h3-7,9,11,14,17,20,23-25,30H,8,10,12-13,15-16H2,1-2H3,(H,29,31)/t17-,20?,23?,24?,25?,28-/m0/s1. The highest BCUT2D eigenvalue weighted by Gasteiger charge is 2.58. The number of fused-ring (bicyclic) bond motifs is 5. The van der Waals surface area contributed by atoms with E-state index in [0.717, 1.165) is 37.7 Å². The lowest BCUT2D eigenvalue weighted by molar-refractivity contribution is -0.134. The second-order valence-corrected chi connectivity index (χ2v) is 10.5. The molecule has 2 aromatic rings. The number of hydrogen-bond donors (Lipinski definition) is 2. The number of phenols is 1. The first-order valence-electron chi connectivity index (χ1n) is 12.1. The molecule has 0 spiro atoms. The molecule has 0 heterocycles. The van der Waals surface area contributed by atoms with Gasteiger partial charge in [0.05, 0.1) is 6.04 Å². The van der Waals surface area contributed by atoms with Crippen LogP contribution < -0.4 is 5.32 Å². The normalized spacial score (nSPS) is 31.9. The topological polar surface area (TPSA) is 66.4 Å². The van der Waals surface area contributed by atoms with Crippen LogP contribution in [0.4, 0.5) is 0 Å². The first-order chi connectivity index (χ1) is 15.4. The predicted octanol–water partition coefficient (Wildman–Crippen LogP) is 5.31. The molecule has 3 aliphatic rings. The highest BCUT2D eigenvalue weighted by molar-refractivity contribution is 5.93. The van der Waals surface area contributed by atoms with Crippen LogP contribution in [0.1, 0.15) is 74.6 Å². The van der Waals surface area contributed by atoms with Crippen LogP contribution in [-0.4, -0.2) is 16.8 Å². The summed E-state index contributed by atoms with van der Waals surface area (Å²) in [5.41, 5.74) is 3.41. The molecule has 0 aromatic heterocycles. The van der Waals surface area contributed by atoms with Gasteiger partial charge in [0, 0.05) is 17.8 Å². The third kappa shape index (κ3) is 3.54. The fraction of sp³-hybridized carbons (Fsp3) is 0.500. The van der Waals surface area contributed by atoms with E-state index in [9.17, 15) is 14.7 Å². The lowest BCUT2D eigenvalue weighted by Crippen LogP contribution is -2.42. The highest BCUT2D eigenvalue weighted by atomic mass is 16.3. The summed E-state index contributed by atoms with van der Waals surface area (Å²) in [6, 6.07) is 15.7. The summed E-state index contributed by atoms with van der Waals surface area (Å²) < 4.78 is 0. The summed E-state index contributed by atoms with van der Waals surface area (Å²) in [6.07, 6.45) is 5.08. The van der Waals surface area contributed by atoms with Gasteiger partial charge in [0.1, 0.15) is 11.5 Å². The Labute approximate surface area is 190 Å². The molecular weight excluding hydrogens is 398 g/mol. The van der Waals surface area contributed by atoms with Gasteiger partial charge in [-0.25, -0.2) is 0 Å². The van der Waals surface area contributed by atoms with Crippen molar-refractivity contribution in [2.75, 3.05) is 0 Å². The van der Waals surface area contributed by atoms with E-state index in [0.29, 0.717) is 35.7 Å². The summed E-state index contributed by atoms with van der Waals surface area (Å²) in [7, 11) is 0. The molecule has 5 rings (SSSR count). The Hall–Kier alpha value is -2.62. The van der Waals surface area contributed by atoms with Crippen molar-refractivity contribution in [1.82, 2.24) is 5.32 Å².